The Bertz CT molecular complexity index is 716. The Hall–Kier alpha value is -2.53. The number of benzene rings is 2. The van der Waals surface area contributed by atoms with Crippen LogP contribution in [0.1, 0.15) is 23.6 Å². The van der Waals surface area contributed by atoms with Crippen LogP contribution in [-0.2, 0) is 6.54 Å². The Balaban J connectivity index is 1.94. The van der Waals surface area contributed by atoms with E-state index in [9.17, 15) is 0 Å². The minimum Gasteiger partial charge on any atom is -0.493 e. The van der Waals surface area contributed by atoms with E-state index in [4.69, 9.17) is 20.3 Å². The number of nitrogens with two attached hydrogens (primary N) is 1. The third-order valence-corrected chi connectivity index (χ3v) is 4.27. The lowest BCUT2D eigenvalue weighted by Crippen LogP contribution is -2.20. The van der Waals surface area contributed by atoms with Crippen molar-refractivity contribution in [3.63, 3.8) is 0 Å². The van der Waals surface area contributed by atoms with E-state index in [-0.39, 0.29) is 6.04 Å². The molecule has 0 spiro atoms. The Kier molecular flexibility index (Phi) is 5.01. The second kappa shape index (κ2) is 7.36. The summed E-state index contributed by atoms with van der Waals surface area (Å²) in [6.45, 7) is 1.20. The summed E-state index contributed by atoms with van der Waals surface area (Å²) in [5.74, 6) is 1.49. The molecule has 5 nitrogen and oxygen atoms in total. The lowest BCUT2D eigenvalue weighted by molar-refractivity contribution is 0.218. The van der Waals surface area contributed by atoms with Gasteiger partial charge in [0.15, 0.2) is 11.5 Å². The van der Waals surface area contributed by atoms with E-state index in [2.05, 4.69) is 23.2 Å². The van der Waals surface area contributed by atoms with Crippen LogP contribution in [0.3, 0.4) is 0 Å². The van der Waals surface area contributed by atoms with Crippen LogP contribution in [-0.4, -0.2) is 31.5 Å². The molecule has 0 aromatic heterocycles. The quantitative estimate of drug-likeness (QED) is 0.887. The van der Waals surface area contributed by atoms with Gasteiger partial charge in [-0.2, -0.15) is 5.10 Å². The fourth-order valence-corrected chi connectivity index (χ4v) is 3.11. The van der Waals surface area contributed by atoms with E-state index >= 15 is 0 Å². The topological polar surface area (TPSA) is 60.1 Å². The van der Waals surface area contributed by atoms with Crippen molar-refractivity contribution in [2.75, 3.05) is 20.8 Å². The van der Waals surface area contributed by atoms with E-state index in [0.717, 1.165) is 35.7 Å². The molecule has 5 heteroatoms. The second-order valence-electron chi connectivity index (χ2n) is 5.76. The number of methoxy groups -OCH3 is 2. The van der Waals surface area contributed by atoms with Crippen molar-refractivity contribution in [2.24, 2.45) is 10.8 Å². The number of nitrogens with zero attached hydrogens (tertiary/aromatic N) is 2. The molecule has 1 atom stereocenters. The van der Waals surface area contributed by atoms with Crippen molar-refractivity contribution >= 4 is 5.71 Å². The van der Waals surface area contributed by atoms with Gasteiger partial charge in [0.05, 0.1) is 32.5 Å². The Morgan fingerprint density at radius 2 is 1.88 bits per heavy atom. The first-order chi connectivity index (χ1) is 11.8. The van der Waals surface area contributed by atoms with Crippen molar-refractivity contribution < 1.29 is 9.47 Å². The number of para-hydroxylation sites is 1. The summed E-state index contributed by atoms with van der Waals surface area (Å²) in [6.07, 6.45) is 0.798. The van der Waals surface area contributed by atoms with Crippen molar-refractivity contribution in [3.05, 3.63) is 59.7 Å². The largest absolute Gasteiger partial charge is 0.493 e. The van der Waals surface area contributed by atoms with E-state index < -0.39 is 0 Å². The van der Waals surface area contributed by atoms with Crippen molar-refractivity contribution in [2.45, 2.75) is 19.0 Å². The van der Waals surface area contributed by atoms with Crippen molar-refractivity contribution in [1.29, 1.82) is 0 Å². The van der Waals surface area contributed by atoms with E-state index in [1.807, 2.05) is 30.3 Å². The second-order valence-corrected chi connectivity index (χ2v) is 5.76. The van der Waals surface area contributed by atoms with Gasteiger partial charge in [0.2, 0.25) is 0 Å². The zero-order valence-electron chi connectivity index (χ0n) is 14.1. The maximum absolute atomic E-state index is 5.84. The summed E-state index contributed by atoms with van der Waals surface area (Å²) in [4.78, 5) is 0. The number of hydrazone groups is 1. The molecule has 0 aliphatic carbocycles. The highest BCUT2D eigenvalue weighted by molar-refractivity contribution is 5.88. The summed E-state index contributed by atoms with van der Waals surface area (Å²) in [5.41, 5.74) is 9.13. The smallest absolute Gasteiger partial charge is 0.166 e. The SMILES string of the molecule is COc1cccc(C2CC(CN)=NN2Cc2ccccc2)c1OC. The fourth-order valence-electron chi connectivity index (χ4n) is 3.11. The summed E-state index contributed by atoms with van der Waals surface area (Å²) < 4.78 is 11.1. The van der Waals surface area contributed by atoms with Crippen LogP contribution in [0.5, 0.6) is 11.5 Å². The molecule has 0 saturated carbocycles. The molecule has 126 valence electrons. The molecule has 0 fully saturated rings. The third-order valence-electron chi connectivity index (χ3n) is 4.27. The van der Waals surface area contributed by atoms with E-state index in [0.29, 0.717) is 6.54 Å². The van der Waals surface area contributed by atoms with Gasteiger partial charge in [-0.05, 0) is 11.6 Å². The van der Waals surface area contributed by atoms with Gasteiger partial charge in [0, 0.05) is 18.5 Å². The van der Waals surface area contributed by atoms with Crippen LogP contribution < -0.4 is 15.2 Å². The zero-order valence-corrected chi connectivity index (χ0v) is 14.1. The van der Waals surface area contributed by atoms with Gasteiger partial charge in [0.1, 0.15) is 0 Å². The first-order valence-corrected chi connectivity index (χ1v) is 8.04. The molecule has 24 heavy (non-hydrogen) atoms. The average Bonchev–Trinajstić information content (AvgIpc) is 3.04. The highest BCUT2D eigenvalue weighted by Crippen LogP contribution is 2.41. The molecule has 2 N–H and O–H groups in total. The predicted molar refractivity (Wildman–Crippen MR) is 95.4 cm³/mol. The first kappa shape index (κ1) is 16.3. The van der Waals surface area contributed by atoms with E-state index in [1.54, 1.807) is 14.2 Å². The molecule has 0 saturated heterocycles. The highest BCUT2D eigenvalue weighted by atomic mass is 16.5. The summed E-state index contributed by atoms with van der Waals surface area (Å²) in [7, 11) is 3.32. The molecule has 1 aliphatic rings. The van der Waals surface area contributed by atoms with Crippen LogP contribution in [0.2, 0.25) is 0 Å². The van der Waals surface area contributed by atoms with Crippen LogP contribution in [0.15, 0.2) is 53.6 Å². The lowest BCUT2D eigenvalue weighted by atomic mass is 9.99. The number of hydrogen-bond acceptors (Lipinski definition) is 5. The molecular formula is C19H23N3O2. The number of rotatable bonds is 6. The molecule has 2 aromatic carbocycles. The summed E-state index contributed by atoms with van der Waals surface area (Å²) >= 11 is 0. The minimum atomic E-state index is 0.0915. The molecule has 1 aliphatic heterocycles. The number of hydrogen-bond donors (Lipinski definition) is 1. The first-order valence-electron chi connectivity index (χ1n) is 8.04. The van der Waals surface area contributed by atoms with Gasteiger partial charge < -0.3 is 15.2 Å². The molecule has 1 unspecified atom stereocenters. The normalized spacial score (nSPS) is 16.9. The standard InChI is InChI=1S/C19H23N3O2/c1-23-18-10-6-9-16(19(18)24-2)17-11-15(12-20)21-22(17)13-14-7-4-3-5-8-14/h3-10,17H,11-13,20H2,1-2H3. The Labute approximate surface area is 142 Å². The Morgan fingerprint density at radius 1 is 1.08 bits per heavy atom. The van der Waals surface area contributed by atoms with Gasteiger partial charge in [-0.3, -0.25) is 5.01 Å². The average molecular weight is 325 g/mol. The fraction of sp³-hybridized carbons (Fsp3) is 0.316. The molecule has 0 bridgehead atoms. The molecule has 2 aromatic rings. The van der Waals surface area contributed by atoms with Gasteiger partial charge in [-0.25, -0.2) is 0 Å². The van der Waals surface area contributed by atoms with Crippen molar-refractivity contribution in [1.82, 2.24) is 5.01 Å². The maximum atomic E-state index is 5.84. The summed E-state index contributed by atoms with van der Waals surface area (Å²) in [5, 5.41) is 6.81. The third kappa shape index (κ3) is 3.21. The molecule has 0 amide bonds. The Morgan fingerprint density at radius 3 is 2.54 bits per heavy atom. The van der Waals surface area contributed by atoms with Gasteiger partial charge in [0.25, 0.3) is 0 Å². The summed E-state index contributed by atoms with van der Waals surface area (Å²) in [6, 6.07) is 16.4. The van der Waals surface area contributed by atoms with Crippen LogP contribution in [0, 0.1) is 0 Å². The van der Waals surface area contributed by atoms with Crippen LogP contribution in [0.25, 0.3) is 0 Å². The lowest BCUT2D eigenvalue weighted by Gasteiger charge is -2.26. The van der Waals surface area contributed by atoms with Crippen molar-refractivity contribution in [3.8, 4) is 11.5 Å². The van der Waals surface area contributed by atoms with Gasteiger partial charge in [-0.1, -0.05) is 42.5 Å². The molecule has 3 rings (SSSR count). The highest BCUT2D eigenvalue weighted by Gasteiger charge is 2.30. The molecule has 0 radical (unpaired) electrons. The van der Waals surface area contributed by atoms with Crippen LogP contribution in [0.4, 0.5) is 0 Å². The number of ether oxygens (including phenoxy) is 2. The molecular weight excluding hydrogens is 302 g/mol. The van der Waals surface area contributed by atoms with Gasteiger partial charge >= 0.3 is 0 Å². The van der Waals surface area contributed by atoms with Crippen LogP contribution >= 0.6 is 0 Å². The van der Waals surface area contributed by atoms with Gasteiger partial charge in [-0.15, -0.1) is 0 Å². The maximum Gasteiger partial charge on any atom is 0.166 e. The zero-order chi connectivity index (χ0) is 16.9. The minimum absolute atomic E-state index is 0.0915. The predicted octanol–water partition coefficient (Wildman–Crippen LogP) is 2.97. The monoisotopic (exact) mass is 325 g/mol. The van der Waals surface area contributed by atoms with E-state index in [1.165, 1.54) is 5.56 Å². The molecule has 1 heterocycles.